The maximum absolute atomic E-state index is 14.1. The van der Waals surface area contributed by atoms with Crippen molar-refractivity contribution in [1.29, 1.82) is 0 Å². The van der Waals surface area contributed by atoms with Gasteiger partial charge in [-0.15, -0.1) is 0 Å². The van der Waals surface area contributed by atoms with Crippen molar-refractivity contribution in [3.05, 3.63) is 112 Å². The van der Waals surface area contributed by atoms with E-state index in [9.17, 15) is 4.79 Å². The Hall–Kier alpha value is -3.90. The van der Waals surface area contributed by atoms with E-state index >= 15 is 0 Å². The number of anilines is 2. The highest BCUT2D eigenvalue weighted by molar-refractivity contribution is 5.60. The van der Waals surface area contributed by atoms with E-state index in [-0.39, 0.29) is 5.56 Å². The number of fused-ring (bicyclic) bond motifs is 1. The minimum Gasteiger partial charge on any atom is -0.457 e. The number of hydrogen-bond acceptors (Lipinski definition) is 5. The van der Waals surface area contributed by atoms with Crippen molar-refractivity contribution in [2.75, 3.05) is 11.6 Å². The van der Waals surface area contributed by atoms with Gasteiger partial charge < -0.3 is 4.74 Å². The molecule has 1 aromatic heterocycles. The molecule has 0 spiro atoms. The van der Waals surface area contributed by atoms with Crippen LogP contribution in [0.25, 0.3) is 0 Å². The normalized spacial score (nSPS) is 21.2. The van der Waals surface area contributed by atoms with E-state index < -0.39 is 0 Å². The lowest BCUT2D eigenvalue weighted by atomic mass is 9.77. The summed E-state index contributed by atoms with van der Waals surface area (Å²) in [6.45, 7) is 7.97. The minimum atomic E-state index is 0.0570. The van der Waals surface area contributed by atoms with Crippen LogP contribution in [-0.2, 0) is 13.1 Å². The smallest absolute Gasteiger partial charge is 0.259 e. The van der Waals surface area contributed by atoms with Gasteiger partial charge in [-0.05, 0) is 67.1 Å². The first kappa shape index (κ1) is 26.3. The predicted octanol–water partition coefficient (Wildman–Crippen LogP) is 7.13. The molecule has 0 saturated heterocycles. The Morgan fingerprint density at radius 3 is 2.25 bits per heavy atom. The van der Waals surface area contributed by atoms with Gasteiger partial charge in [0.05, 0.1) is 19.0 Å². The summed E-state index contributed by atoms with van der Waals surface area (Å²) in [5.74, 6) is 3.53. The molecule has 1 aliphatic heterocycles. The second-order valence-corrected chi connectivity index (χ2v) is 11.4. The van der Waals surface area contributed by atoms with Gasteiger partial charge in [-0.25, -0.2) is 4.98 Å². The highest BCUT2D eigenvalue weighted by atomic mass is 16.5. The van der Waals surface area contributed by atoms with Crippen LogP contribution in [0.1, 0.15) is 49.9 Å². The van der Waals surface area contributed by atoms with Gasteiger partial charge >= 0.3 is 0 Å². The lowest BCUT2D eigenvalue weighted by Gasteiger charge is -2.46. The maximum Gasteiger partial charge on any atom is 0.259 e. The SMILES string of the molecule is Cc1nc2n(c(=O)c1Cc1ccccc1)CN(C1CCCC(C)C1C)CN2c1ccc(Oc2ccccc2)cc1. The largest absolute Gasteiger partial charge is 0.457 e. The number of hydrogen-bond donors (Lipinski definition) is 0. The zero-order valence-electron chi connectivity index (χ0n) is 23.7. The minimum absolute atomic E-state index is 0.0570. The summed E-state index contributed by atoms with van der Waals surface area (Å²) in [5.41, 5.74) is 3.74. The molecule has 4 aromatic rings. The van der Waals surface area contributed by atoms with Gasteiger partial charge in [0, 0.05) is 23.7 Å². The van der Waals surface area contributed by atoms with Crippen molar-refractivity contribution < 1.29 is 4.74 Å². The van der Waals surface area contributed by atoms with E-state index in [1.165, 1.54) is 12.8 Å². The molecule has 3 atom stereocenters. The number of aromatic nitrogens is 2. The van der Waals surface area contributed by atoms with Gasteiger partial charge in [-0.2, -0.15) is 0 Å². The van der Waals surface area contributed by atoms with Crippen LogP contribution >= 0.6 is 0 Å². The van der Waals surface area contributed by atoms with Crippen molar-refractivity contribution in [1.82, 2.24) is 14.5 Å². The number of ether oxygens (including phenoxy) is 1. The molecule has 2 heterocycles. The topological polar surface area (TPSA) is 50.6 Å². The van der Waals surface area contributed by atoms with Gasteiger partial charge in [0.25, 0.3) is 5.56 Å². The monoisotopic (exact) mass is 534 g/mol. The molecule has 206 valence electrons. The zero-order valence-corrected chi connectivity index (χ0v) is 23.7. The van der Waals surface area contributed by atoms with E-state index in [0.717, 1.165) is 40.4 Å². The molecular formula is C34H38N4O2. The highest BCUT2D eigenvalue weighted by Crippen LogP contribution is 2.37. The Labute approximate surface area is 236 Å². The van der Waals surface area contributed by atoms with E-state index in [1.54, 1.807) is 0 Å². The molecule has 0 bridgehead atoms. The molecule has 1 fully saturated rings. The summed E-state index contributed by atoms with van der Waals surface area (Å²) >= 11 is 0. The number of benzene rings is 3. The molecule has 3 unspecified atom stereocenters. The van der Waals surface area contributed by atoms with Gasteiger partial charge in [0.1, 0.15) is 11.5 Å². The van der Waals surface area contributed by atoms with Crippen LogP contribution in [-0.4, -0.2) is 27.2 Å². The standard InChI is InChI=1S/C34H38N4O2/c1-24-11-10-16-32(25(24)2)36-22-37(28-17-19-30(20-18-28)40-29-14-8-5-9-15-29)34-35-26(3)31(33(39)38(34)23-36)21-27-12-6-4-7-13-27/h4-9,12-15,17-20,24-25,32H,10-11,16,21-23H2,1-3H3. The fourth-order valence-corrected chi connectivity index (χ4v) is 6.29. The molecule has 1 aliphatic carbocycles. The molecule has 2 aliphatic rings. The third kappa shape index (κ3) is 5.28. The van der Waals surface area contributed by atoms with Gasteiger partial charge in [-0.1, -0.05) is 75.2 Å². The molecule has 6 heteroatoms. The van der Waals surface area contributed by atoms with E-state index in [0.29, 0.717) is 43.6 Å². The van der Waals surface area contributed by atoms with Crippen molar-refractivity contribution in [3.63, 3.8) is 0 Å². The lowest BCUT2D eigenvalue weighted by Crippen LogP contribution is -2.54. The van der Waals surface area contributed by atoms with Crippen molar-refractivity contribution in [2.24, 2.45) is 11.8 Å². The summed E-state index contributed by atoms with van der Waals surface area (Å²) in [5, 5.41) is 0. The van der Waals surface area contributed by atoms with Crippen molar-refractivity contribution in [3.8, 4) is 11.5 Å². The fraction of sp³-hybridized carbons (Fsp3) is 0.353. The summed E-state index contributed by atoms with van der Waals surface area (Å²) in [6, 6.07) is 28.6. The van der Waals surface area contributed by atoms with Crippen molar-refractivity contribution in [2.45, 2.75) is 59.2 Å². The van der Waals surface area contributed by atoms with Gasteiger partial charge in [0.2, 0.25) is 5.95 Å². The third-order valence-corrected chi connectivity index (χ3v) is 8.82. The average Bonchev–Trinajstić information content (AvgIpc) is 2.98. The van der Waals surface area contributed by atoms with Crippen LogP contribution in [0.5, 0.6) is 11.5 Å². The Morgan fingerprint density at radius 1 is 0.850 bits per heavy atom. The first-order valence-electron chi connectivity index (χ1n) is 14.5. The van der Waals surface area contributed by atoms with Crippen LogP contribution in [0.4, 0.5) is 11.6 Å². The first-order chi connectivity index (χ1) is 19.5. The Balaban J connectivity index is 1.37. The van der Waals surface area contributed by atoms with E-state index in [1.807, 2.05) is 72.2 Å². The highest BCUT2D eigenvalue weighted by Gasteiger charge is 2.36. The summed E-state index contributed by atoms with van der Waals surface area (Å²) in [6.07, 6.45) is 4.24. The van der Waals surface area contributed by atoms with Crippen LogP contribution in [0.15, 0.2) is 89.7 Å². The molecule has 0 N–H and O–H groups in total. The molecule has 6 rings (SSSR count). The predicted molar refractivity (Wildman–Crippen MR) is 160 cm³/mol. The molecule has 3 aromatic carbocycles. The van der Waals surface area contributed by atoms with Crippen LogP contribution in [0.3, 0.4) is 0 Å². The number of aryl methyl sites for hydroxylation is 1. The second-order valence-electron chi connectivity index (χ2n) is 11.4. The quantitative estimate of drug-likeness (QED) is 0.263. The van der Waals surface area contributed by atoms with Crippen LogP contribution in [0, 0.1) is 18.8 Å². The first-order valence-corrected chi connectivity index (χ1v) is 14.5. The molecular weight excluding hydrogens is 496 g/mol. The number of para-hydroxylation sites is 1. The number of rotatable bonds is 6. The Morgan fingerprint density at radius 2 is 1.52 bits per heavy atom. The summed E-state index contributed by atoms with van der Waals surface area (Å²) in [7, 11) is 0. The third-order valence-electron chi connectivity index (χ3n) is 8.82. The fourth-order valence-electron chi connectivity index (χ4n) is 6.29. The molecule has 0 radical (unpaired) electrons. The van der Waals surface area contributed by atoms with Crippen LogP contribution in [0.2, 0.25) is 0 Å². The Bertz CT molecular complexity index is 1500. The average molecular weight is 535 g/mol. The molecule has 0 amide bonds. The Kier molecular flexibility index (Phi) is 7.44. The zero-order chi connectivity index (χ0) is 27.6. The lowest BCUT2D eigenvalue weighted by molar-refractivity contribution is 0.0491. The molecule has 6 nitrogen and oxygen atoms in total. The van der Waals surface area contributed by atoms with Crippen molar-refractivity contribution >= 4 is 11.6 Å². The second kappa shape index (κ2) is 11.3. The van der Waals surface area contributed by atoms with Gasteiger partial charge in [0.15, 0.2) is 0 Å². The molecule has 1 saturated carbocycles. The van der Waals surface area contributed by atoms with E-state index in [4.69, 9.17) is 9.72 Å². The van der Waals surface area contributed by atoms with Crippen LogP contribution < -0.4 is 15.2 Å². The molecule has 40 heavy (non-hydrogen) atoms. The maximum atomic E-state index is 14.1. The number of nitrogens with zero attached hydrogens (tertiary/aromatic N) is 4. The summed E-state index contributed by atoms with van der Waals surface area (Å²) in [4.78, 5) is 23.8. The summed E-state index contributed by atoms with van der Waals surface area (Å²) < 4.78 is 7.94. The van der Waals surface area contributed by atoms with E-state index in [2.05, 4.69) is 47.9 Å². The van der Waals surface area contributed by atoms with Gasteiger partial charge in [-0.3, -0.25) is 19.2 Å².